The highest BCUT2D eigenvalue weighted by Crippen LogP contribution is 2.06. The molecule has 1 atom stereocenters. The minimum atomic E-state index is -1.51. The van der Waals surface area contributed by atoms with Gasteiger partial charge in [0, 0.05) is 0 Å². The summed E-state index contributed by atoms with van der Waals surface area (Å²) in [6, 6.07) is 0.283. The topological polar surface area (TPSA) is 102 Å². The molecule has 0 aromatic carbocycles. The van der Waals surface area contributed by atoms with Crippen molar-refractivity contribution in [1.29, 1.82) is 5.26 Å². The normalized spacial score (nSPS) is 12.4. The molecular weight excluding hydrogens is 200 g/mol. The first-order chi connectivity index (χ1) is 6.76. The number of nitrogens with one attached hydrogen (secondary N) is 1. The van der Waals surface area contributed by atoms with Crippen LogP contribution in [-0.4, -0.2) is 23.7 Å². The molecule has 0 aromatic heterocycles. The van der Waals surface area contributed by atoms with Crippen molar-refractivity contribution in [2.24, 2.45) is 0 Å². The standard InChI is InChI=1S/C9H14N2O4/c1-9(2,3)15-8(14)11-6(4-5-10)7(12)13/h6H,4H2,1-3H3,(H,11,14)(H,12,13)/p-1/t6-/m1/s1. The molecule has 0 bridgehead atoms. The van der Waals surface area contributed by atoms with Gasteiger partial charge >= 0.3 is 6.09 Å². The average Bonchev–Trinajstić information content (AvgIpc) is 1.99. The number of hydrogen-bond acceptors (Lipinski definition) is 5. The van der Waals surface area contributed by atoms with E-state index in [0.29, 0.717) is 0 Å². The zero-order valence-electron chi connectivity index (χ0n) is 8.86. The number of carbonyl (C=O) groups is 2. The van der Waals surface area contributed by atoms with E-state index in [4.69, 9.17) is 10.00 Å². The number of carboxylic acid groups (broad SMARTS) is 1. The maximum Gasteiger partial charge on any atom is 0.408 e. The van der Waals surface area contributed by atoms with Crippen LogP contribution in [-0.2, 0) is 9.53 Å². The monoisotopic (exact) mass is 213 g/mol. The molecule has 0 radical (unpaired) electrons. The maximum atomic E-state index is 11.1. The van der Waals surface area contributed by atoms with Crippen LogP contribution in [0.15, 0.2) is 0 Å². The van der Waals surface area contributed by atoms with Crippen molar-refractivity contribution in [3.8, 4) is 6.07 Å². The van der Waals surface area contributed by atoms with Crippen molar-refractivity contribution >= 4 is 12.1 Å². The Bertz CT molecular complexity index is 287. The Balaban J connectivity index is 4.25. The predicted octanol–water partition coefficient (Wildman–Crippen LogP) is -0.457. The Morgan fingerprint density at radius 1 is 1.53 bits per heavy atom. The summed E-state index contributed by atoms with van der Waals surface area (Å²) in [5, 5.41) is 20.8. The van der Waals surface area contributed by atoms with Crippen LogP contribution in [0, 0.1) is 11.3 Å². The number of hydrogen-bond donors (Lipinski definition) is 1. The minimum absolute atomic E-state index is 0.360. The van der Waals surface area contributed by atoms with E-state index in [-0.39, 0.29) is 6.42 Å². The molecule has 0 saturated carbocycles. The second kappa shape index (κ2) is 5.20. The fraction of sp³-hybridized carbons (Fsp3) is 0.667. The Labute approximate surface area is 87.8 Å². The highest BCUT2D eigenvalue weighted by Gasteiger charge is 2.19. The molecule has 0 rings (SSSR count). The second-order valence-corrected chi connectivity index (χ2v) is 3.88. The van der Waals surface area contributed by atoms with Gasteiger partial charge in [-0.2, -0.15) is 5.26 Å². The first-order valence-electron chi connectivity index (χ1n) is 4.33. The van der Waals surface area contributed by atoms with Crippen LogP contribution in [0.5, 0.6) is 0 Å². The van der Waals surface area contributed by atoms with Crippen LogP contribution in [0.2, 0.25) is 0 Å². The van der Waals surface area contributed by atoms with Crippen LogP contribution >= 0.6 is 0 Å². The van der Waals surface area contributed by atoms with Gasteiger partial charge in [0.15, 0.2) is 0 Å². The summed E-state index contributed by atoms with van der Waals surface area (Å²) in [5.74, 6) is -1.51. The van der Waals surface area contributed by atoms with Crippen LogP contribution < -0.4 is 10.4 Å². The lowest BCUT2D eigenvalue weighted by molar-refractivity contribution is -0.308. The van der Waals surface area contributed by atoms with Gasteiger partial charge in [-0.1, -0.05) is 0 Å². The fourth-order valence-corrected chi connectivity index (χ4v) is 0.734. The van der Waals surface area contributed by atoms with Gasteiger partial charge in [0.05, 0.1) is 24.5 Å². The van der Waals surface area contributed by atoms with Gasteiger partial charge < -0.3 is 20.0 Å². The third kappa shape index (κ3) is 6.32. The van der Waals surface area contributed by atoms with Crippen LogP contribution in [0.25, 0.3) is 0 Å². The van der Waals surface area contributed by atoms with Crippen molar-refractivity contribution in [3.63, 3.8) is 0 Å². The molecular formula is C9H13N2O4-. The SMILES string of the molecule is CC(C)(C)OC(=O)N[C@H](CC#N)C(=O)[O-]. The highest BCUT2D eigenvalue weighted by molar-refractivity contribution is 5.78. The molecule has 15 heavy (non-hydrogen) atoms. The lowest BCUT2D eigenvalue weighted by Gasteiger charge is -2.22. The second-order valence-electron chi connectivity index (χ2n) is 3.88. The molecule has 84 valence electrons. The molecule has 0 aromatic rings. The zero-order valence-corrected chi connectivity index (χ0v) is 8.86. The predicted molar refractivity (Wildman–Crippen MR) is 48.4 cm³/mol. The van der Waals surface area contributed by atoms with E-state index >= 15 is 0 Å². The maximum absolute atomic E-state index is 11.1. The number of nitrogens with zero attached hydrogens (tertiary/aromatic N) is 1. The molecule has 0 fully saturated rings. The number of alkyl carbamates (subject to hydrolysis) is 1. The molecule has 0 unspecified atom stereocenters. The van der Waals surface area contributed by atoms with Gasteiger partial charge in [-0.3, -0.25) is 0 Å². The first kappa shape index (κ1) is 13.2. The number of aliphatic carboxylic acids is 1. The third-order valence-corrected chi connectivity index (χ3v) is 1.27. The smallest absolute Gasteiger partial charge is 0.408 e. The van der Waals surface area contributed by atoms with Crippen molar-refractivity contribution in [1.82, 2.24) is 5.32 Å². The Morgan fingerprint density at radius 3 is 2.40 bits per heavy atom. The molecule has 1 amide bonds. The van der Waals surface area contributed by atoms with Gasteiger partial charge in [-0.05, 0) is 20.8 Å². The van der Waals surface area contributed by atoms with E-state index in [1.54, 1.807) is 26.8 Å². The van der Waals surface area contributed by atoms with E-state index < -0.39 is 23.7 Å². The van der Waals surface area contributed by atoms with Crippen molar-refractivity contribution < 1.29 is 19.4 Å². The van der Waals surface area contributed by atoms with Crippen LogP contribution in [0.4, 0.5) is 4.79 Å². The molecule has 0 aliphatic rings. The van der Waals surface area contributed by atoms with Crippen molar-refractivity contribution in [2.45, 2.75) is 38.8 Å². The van der Waals surface area contributed by atoms with E-state index in [9.17, 15) is 14.7 Å². The molecule has 0 aliphatic carbocycles. The lowest BCUT2D eigenvalue weighted by Crippen LogP contribution is -2.49. The Kier molecular flexibility index (Phi) is 4.58. The summed E-state index contributed by atoms with van der Waals surface area (Å²) in [6.45, 7) is 4.93. The number of ether oxygens (including phenoxy) is 1. The molecule has 0 spiro atoms. The minimum Gasteiger partial charge on any atom is -0.548 e. The summed E-state index contributed by atoms with van der Waals surface area (Å²) in [5.41, 5.74) is -0.715. The summed E-state index contributed by atoms with van der Waals surface area (Å²) in [7, 11) is 0. The third-order valence-electron chi connectivity index (χ3n) is 1.27. The molecule has 0 aliphatic heterocycles. The number of carbonyl (C=O) groups excluding carboxylic acids is 2. The largest absolute Gasteiger partial charge is 0.548 e. The van der Waals surface area contributed by atoms with Gasteiger partial charge in [0.2, 0.25) is 0 Å². The first-order valence-corrected chi connectivity index (χ1v) is 4.33. The van der Waals surface area contributed by atoms with Gasteiger partial charge in [-0.15, -0.1) is 0 Å². The number of carboxylic acids is 1. The molecule has 6 heteroatoms. The number of nitriles is 1. The summed E-state index contributed by atoms with van der Waals surface area (Å²) >= 11 is 0. The summed E-state index contributed by atoms with van der Waals surface area (Å²) < 4.78 is 4.81. The molecule has 0 heterocycles. The average molecular weight is 213 g/mol. The van der Waals surface area contributed by atoms with E-state index in [1.165, 1.54) is 0 Å². The van der Waals surface area contributed by atoms with Crippen LogP contribution in [0.1, 0.15) is 27.2 Å². The van der Waals surface area contributed by atoms with E-state index in [1.807, 2.05) is 5.32 Å². The van der Waals surface area contributed by atoms with Gasteiger partial charge in [0.1, 0.15) is 5.60 Å². The summed E-state index contributed by atoms with van der Waals surface area (Å²) in [4.78, 5) is 21.6. The zero-order chi connectivity index (χ0) is 12.1. The quantitative estimate of drug-likeness (QED) is 0.683. The van der Waals surface area contributed by atoms with Gasteiger partial charge in [-0.25, -0.2) is 4.79 Å². The van der Waals surface area contributed by atoms with Crippen molar-refractivity contribution in [2.75, 3.05) is 0 Å². The van der Waals surface area contributed by atoms with E-state index in [2.05, 4.69) is 0 Å². The fourth-order valence-electron chi connectivity index (χ4n) is 0.734. The molecule has 0 saturated heterocycles. The highest BCUT2D eigenvalue weighted by atomic mass is 16.6. The van der Waals surface area contributed by atoms with Crippen LogP contribution in [0.3, 0.4) is 0 Å². The Morgan fingerprint density at radius 2 is 2.07 bits per heavy atom. The lowest BCUT2D eigenvalue weighted by atomic mass is 10.2. The van der Waals surface area contributed by atoms with E-state index in [0.717, 1.165) is 0 Å². The van der Waals surface area contributed by atoms with Crippen molar-refractivity contribution in [3.05, 3.63) is 0 Å². The summed E-state index contributed by atoms with van der Waals surface area (Å²) in [6.07, 6.45) is -1.24. The van der Waals surface area contributed by atoms with Gasteiger partial charge in [0.25, 0.3) is 0 Å². The molecule has 1 N–H and O–H groups in total. The number of amides is 1. The Hall–Kier alpha value is -1.77. The molecule has 6 nitrogen and oxygen atoms in total. The number of rotatable bonds is 3.